The summed E-state index contributed by atoms with van der Waals surface area (Å²) in [7, 11) is -0.668. The molecule has 4 fully saturated rings. The quantitative estimate of drug-likeness (QED) is 0.0492. The number of unbranched alkanes of at least 4 members (excludes halogenated alkanes) is 2. The SMILES string of the molecule is CCCCc1ccc(-c2ccc(CNCCCC(=O)N[C@H](C(=O)N[C@@H](C)C(=O)N[C@@H](CCCCNC(=O)OC(C)(C)C)C(=O)N[C@@H](C)B3OC4C[C@@H]5C[C@@H](C5(C)C)[C@]4(C)O3)[C@@H](C)O)cc2)cc1. The third kappa shape index (κ3) is 14.7. The topological polar surface area (TPSA) is 205 Å². The summed E-state index contributed by atoms with van der Waals surface area (Å²) in [5.74, 6) is -1.85. The van der Waals surface area contributed by atoms with E-state index in [2.05, 4.69) is 108 Å². The van der Waals surface area contributed by atoms with Crippen molar-refractivity contribution in [3.8, 4) is 11.1 Å². The number of aliphatic hydroxyl groups excluding tert-OH is 1. The van der Waals surface area contributed by atoms with Gasteiger partial charge in [0.05, 0.1) is 23.8 Å². The summed E-state index contributed by atoms with van der Waals surface area (Å²) in [6.07, 6.45) is 5.41. The van der Waals surface area contributed by atoms with Crippen LogP contribution in [-0.2, 0) is 46.2 Å². The molecule has 7 N–H and O–H groups in total. The van der Waals surface area contributed by atoms with Crippen molar-refractivity contribution in [3.05, 3.63) is 59.7 Å². The van der Waals surface area contributed by atoms with Gasteiger partial charge in [-0.1, -0.05) is 75.7 Å². The molecule has 67 heavy (non-hydrogen) atoms. The highest BCUT2D eigenvalue weighted by atomic mass is 16.7. The lowest BCUT2D eigenvalue weighted by Crippen LogP contribution is -2.65. The van der Waals surface area contributed by atoms with Crippen LogP contribution in [0.3, 0.4) is 0 Å². The number of amides is 5. The highest BCUT2D eigenvalue weighted by Crippen LogP contribution is 2.65. The first-order valence-corrected chi connectivity index (χ1v) is 24.7. The molecule has 1 heterocycles. The number of aryl methyl sites for hydroxylation is 1. The average molecular weight is 931 g/mol. The maximum atomic E-state index is 13.9. The summed E-state index contributed by atoms with van der Waals surface area (Å²) in [6, 6.07) is 13.7. The van der Waals surface area contributed by atoms with Crippen molar-refractivity contribution in [1.82, 2.24) is 31.9 Å². The first-order valence-electron chi connectivity index (χ1n) is 24.7. The number of aliphatic hydroxyl groups is 1. The molecule has 2 aromatic rings. The van der Waals surface area contributed by atoms with Gasteiger partial charge in [-0.2, -0.15) is 0 Å². The molecule has 5 amide bonds. The zero-order valence-corrected chi connectivity index (χ0v) is 41.7. The summed E-state index contributed by atoms with van der Waals surface area (Å²) >= 11 is 0. The van der Waals surface area contributed by atoms with E-state index in [1.807, 2.05) is 6.92 Å². The van der Waals surface area contributed by atoms with E-state index in [0.717, 1.165) is 30.4 Å². The Morgan fingerprint density at radius 3 is 2.07 bits per heavy atom. The van der Waals surface area contributed by atoms with E-state index in [1.54, 1.807) is 20.8 Å². The van der Waals surface area contributed by atoms with E-state index in [-0.39, 0.29) is 24.4 Å². The minimum atomic E-state index is -1.31. The molecule has 1 saturated heterocycles. The Labute approximate surface area is 399 Å². The summed E-state index contributed by atoms with van der Waals surface area (Å²) in [6.45, 7) is 20.4. The Hall–Kier alpha value is -4.51. The van der Waals surface area contributed by atoms with E-state index in [0.29, 0.717) is 50.7 Å². The molecule has 6 rings (SSSR count). The van der Waals surface area contributed by atoms with Crippen LogP contribution >= 0.6 is 0 Å². The van der Waals surface area contributed by atoms with Crippen molar-refractivity contribution >= 4 is 36.8 Å². The molecule has 4 aliphatic rings. The Morgan fingerprint density at radius 1 is 0.806 bits per heavy atom. The molecule has 1 aliphatic heterocycles. The fraction of sp³-hybridized carbons (Fsp3) is 0.667. The molecular weight excluding hydrogens is 851 g/mol. The first kappa shape index (κ1) is 53.4. The van der Waals surface area contributed by atoms with Crippen molar-refractivity contribution in [2.75, 3.05) is 13.1 Å². The highest BCUT2D eigenvalue weighted by molar-refractivity contribution is 6.47. The third-order valence-corrected chi connectivity index (χ3v) is 13.9. The minimum absolute atomic E-state index is 0.0672. The summed E-state index contributed by atoms with van der Waals surface area (Å²) in [5, 5.41) is 27.6. The maximum absolute atomic E-state index is 13.9. The van der Waals surface area contributed by atoms with Gasteiger partial charge in [-0.15, -0.1) is 0 Å². The van der Waals surface area contributed by atoms with Gasteiger partial charge in [0.15, 0.2) is 0 Å². The van der Waals surface area contributed by atoms with Crippen LogP contribution in [0, 0.1) is 17.3 Å². The number of rotatable bonds is 24. The largest absolute Gasteiger partial charge is 0.481 e. The van der Waals surface area contributed by atoms with Gasteiger partial charge < -0.3 is 51.1 Å². The van der Waals surface area contributed by atoms with Crippen LogP contribution in [-0.4, -0.2) is 103 Å². The number of nitrogens with one attached hydrogen (secondary N) is 6. The van der Waals surface area contributed by atoms with Gasteiger partial charge in [-0.05, 0) is 146 Å². The fourth-order valence-electron chi connectivity index (χ4n) is 9.74. The molecule has 2 bridgehead atoms. The number of alkyl carbamates (subject to hydrolysis) is 1. The van der Waals surface area contributed by atoms with Gasteiger partial charge in [0, 0.05) is 19.5 Å². The van der Waals surface area contributed by atoms with E-state index in [1.165, 1.54) is 37.8 Å². The normalized spacial score (nSPS) is 22.7. The zero-order valence-electron chi connectivity index (χ0n) is 41.7. The standard InChI is InChI=1S/C51H79BN6O9/c1-11-12-16-35-19-23-37(24-20-35)38-25-21-36(22-26-38)31-53-27-15-18-43(60)58-44(33(3)59)47(63)55-32(2)45(61)57-40(17-13-14-28-54-48(64)65-49(5,6)7)46(62)56-34(4)52-66-42-30-39-29-41(50(39,8)9)51(42,10)67-52/h19-26,32-34,39-42,44,53,59H,11-18,27-31H2,1-10H3,(H,54,64)(H,55,63)(H,56,62)(H,57,61)(H,58,60)/t32-,33+,34-,39-,40-,41-,42?,44-,51-/m0/s1. The first-order chi connectivity index (χ1) is 31.6. The van der Waals surface area contributed by atoms with Crippen LogP contribution in [0.25, 0.3) is 11.1 Å². The Bertz CT molecular complexity index is 1980. The van der Waals surface area contributed by atoms with E-state index >= 15 is 0 Å². The van der Waals surface area contributed by atoms with Crippen molar-refractivity contribution in [2.24, 2.45) is 17.3 Å². The highest BCUT2D eigenvalue weighted by Gasteiger charge is 2.68. The van der Waals surface area contributed by atoms with Crippen LogP contribution in [0.5, 0.6) is 0 Å². The molecule has 1 unspecified atom stereocenters. The number of hydrogen-bond donors (Lipinski definition) is 7. The molecule has 0 spiro atoms. The van der Waals surface area contributed by atoms with Crippen LogP contribution < -0.4 is 31.9 Å². The molecule has 16 heteroatoms. The van der Waals surface area contributed by atoms with E-state index < -0.39 is 78.2 Å². The van der Waals surface area contributed by atoms with Crippen molar-refractivity contribution in [1.29, 1.82) is 0 Å². The average Bonchev–Trinajstić information content (AvgIpc) is 3.64. The van der Waals surface area contributed by atoms with Crippen LogP contribution in [0.4, 0.5) is 4.79 Å². The Balaban J connectivity index is 1.08. The number of carbonyl (C=O) groups excluding carboxylic acids is 5. The molecule has 370 valence electrons. The van der Waals surface area contributed by atoms with Crippen molar-refractivity contribution in [3.63, 3.8) is 0 Å². The second-order valence-corrected chi connectivity index (χ2v) is 20.9. The van der Waals surface area contributed by atoms with Crippen molar-refractivity contribution in [2.45, 2.75) is 187 Å². The summed E-state index contributed by atoms with van der Waals surface area (Å²) in [5.41, 5.74) is 3.86. The lowest BCUT2D eigenvalue weighted by Gasteiger charge is -2.64. The molecule has 15 nitrogen and oxygen atoms in total. The summed E-state index contributed by atoms with van der Waals surface area (Å²) < 4.78 is 18.3. The second-order valence-electron chi connectivity index (χ2n) is 20.9. The Morgan fingerprint density at radius 2 is 1.46 bits per heavy atom. The van der Waals surface area contributed by atoms with Crippen LogP contribution in [0.15, 0.2) is 48.5 Å². The Kier molecular flexibility index (Phi) is 18.9. The molecule has 2 aromatic carbocycles. The lowest BCUT2D eigenvalue weighted by atomic mass is 9.43. The molecule has 0 radical (unpaired) electrons. The van der Waals surface area contributed by atoms with Gasteiger partial charge in [-0.3, -0.25) is 19.2 Å². The van der Waals surface area contributed by atoms with E-state index in [9.17, 15) is 29.1 Å². The third-order valence-electron chi connectivity index (χ3n) is 13.9. The lowest BCUT2D eigenvalue weighted by molar-refractivity contribution is -0.199. The van der Waals surface area contributed by atoms with E-state index in [4.69, 9.17) is 14.0 Å². The molecule has 3 aliphatic carbocycles. The zero-order chi connectivity index (χ0) is 49.1. The van der Waals surface area contributed by atoms with Gasteiger partial charge in [-0.25, -0.2) is 4.79 Å². The monoisotopic (exact) mass is 931 g/mol. The summed E-state index contributed by atoms with van der Waals surface area (Å²) in [4.78, 5) is 66.0. The van der Waals surface area contributed by atoms with Crippen molar-refractivity contribution < 1.29 is 43.1 Å². The number of hydrogen-bond acceptors (Lipinski definition) is 10. The second kappa shape index (κ2) is 23.7. The molecular formula is C51H79BN6O9. The van der Waals surface area contributed by atoms with Crippen LogP contribution in [0.2, 0.25) is 0 Å². The number of benzene rings is 2. The van der Waals surface area contributed by atoms with Crippen LogP contribution in [0.1, 0.15) is 138 Å². The molecule has 9 atom stereocenters. The predicted molar refractivity (Wildman–Crippen MR) is 260 cm³/mol. The number of carbonyl (C=O) groups is 5. The molecule has 3 saturated carbocycles. The minimum Gasteiger partial charge on any atom is -0.444 e. The van der Waals surface area contributed by atoms with Gasteiger partial charge in [0.25, 0.3) is 0 Å². The van der Waals surface area contributed by atoms with Gasteiger partial charge in [0.1, 0.15) is 23.7 Å². The number of ether oxygens (including phenoxy) is 1. The maximum Gasteiger partial charge on any atom is 0.481 e. The van der Waals surface area contributed by atoms with Gasteiger partial charge >= 0.3 is 13.2 Å². The fourth-order valence-corrected chi connectivity index (χ4v) is 9.74. The van der Waals surface area contributed by atoms with Gasteiger partial charge in [0.2, 0.25) is 23.6 Å². The molecule has 0 aromatic heterocycles. The predicted octanol–water partition coefficient (Wildman–Crippen LogP) is 5.89. The smallest absolute Gasteiger partial charge is 0.444 e.